The van der Waals surface area contributed by atoms with Crippen molar-refractivity contribution in [3.8, 4) is 17.0 Å². The maximum Gasteiger partial charge on any atom is 0.262 e. The molecule has 4 aromatic rings. The number of fused-ring (bicyclic) bond motifs is 1. The zero-order chi connectivity index (χ0) is 42.7. The lowest BCUT2D eigenvalue weighted by Crippen LogP contribution is -2.63. The van der Waals surface area contributed by atoms with Gasteiger partial charge in [0.05, 0.1) is 29.8 Å². The number of carbonyl (C=O) groups is 6. The van der Waals surface area contributed by atoms with Gasteiger partial charge in [-0.05, 0) is 61.2 Å². The Morgan fingerprint density at radius 3 is 2.30 bits per heavy atom. The molecule has 61 heavy (non-hydrogen) atoms. The highest BCUT2D eigenvalue weighted by Gasteiger charge is 2.45. The van der Waals surface area contributed by atoms with Gasteiger partial charge in [0.25, 0.3) is 17.7 Å². The van der Waals surface area contributed by atoms with Crippen LogP contribution in [0, 0.1) is 11.7 Å². The Bertz CT molecular complexity index is 2470. The lowest BCUT2D eigenvalue weighted by Gasteiger charge is -2.51. The number of imide groups is 2. The summed E-state index contributed by atoms with van der Waals surface area (Å²) in [6.07, 6.45) is 1.84. The van der Waals surface area contributed by atoms with Crippen molar-refractivity contribution in [2.75, 3.05) is 63.6 Å². The van der Waals surface area contributed by atoms with Gasteiger partial charge in [-0.1, -0.05) is 24.3 Å². The number of anilines is 2. The second kappa shape index (κ2) is 15.9. The van der Waals surface area contributed by atoms with Crippen molar-refractivity contribution in [1.29, 1.82) is 0 Å². The van der Waals surface area contributed by atoms with E-state index in [2.05, 4.69) is 20.0 Å². The average molecular weight is 832 g/mol. The van der Waals surface area contributed by atoms with Gasteiger partial charge in [0.1, 0.15) is 34.7 Å². The third-order valence-corrected chi connectivity index (χ3v) is 12.8. The summed E-state index contributed by atoms with van der Waals surface area (Å²) in [5.41, 5.74) is 15.9. The molecule has 4 fully saturated rings. The standard InChI is InChI=1S/C44H46FN9O7/c1-61-36-10-6-27(45)17-33(36)35(55)16-24-2-4-26(5-3-24)39-38(41(47)57)40(46)54(49-39)28-12-14-51(15-13-28)30-22-50(23-30)19-25-20-52(21-25)29-7-8-31-32(18-29)44(60)53(43(31)59)34-9-11-37(56)48-42(34)58/h2-8,10,17-18,25,28,30,34H,9,11-16,19-23,46H2,1H3,(H2,47,57)(H,48,56,58). The molecular weight excluding hydrogens is 786 g/mol. The number of Topliss-reactive ketones (excluding diaryl/α,β-unsaturated/α-hetero) is 1. The van der Waals surface area contributed by atoms with E-state index in [0.29, 0.717) is 34.5 Å². The largest absolute Gasteiger partial charge is 0.496 e. The fourth-order valence-corrected chi connectivity index (χ4v) is 9.47. The third kappa shape index (κ3) is 7.41. The first-order valence-electron chi connectivity index (χ1n) is 20.6. The van der Waals surface area contributed by atoms with Crippen molar-refractivity contribution >= 4 is 46.8 Å². The highest BCUT2D eigenvalue weighted by molar-refractivity contribution is 6.23. The van der Waals surface area contributed by atoms with Gasteiger partial charge in [0, 0.05) is 81.9 Å². The van der Waals surface area contributed by atoms with Gasteiger partial charge in [0.15, 0.2) is 5.78 Å². The molecule has 316 valence electrons. The van der Waals surface area contributed by atoms with Gasteiger partial charge in [-0.2, -0.15) is 5.10 Å². The van der Waals surface area contributed by atoms with Gasteiger partial charge < -0.3 is 21.1 Å². The van der Waals surface area contributed by atoms with Crippen molar-refractivity contribution in [3.05, 3.63) is 94.3 Å². The Labute approximate surface area is 350 Å². The predicted octanol–water partition coefficient (Wildman–Crippen LogP) is 2.66. The lowest BCUT2D eigenvalue weighted by molar-refractivity contribution is -0.136. The van der Waals surface area contributed by atoms with Crippen LogP contribution in [0.3, 0.4) is 0 Å². The van der Waals surface area contributed by atoms with Crippen LogP contribution in [0.1, 0.15) is 78.7 Å². The van der Waals surface area contributed by atoms with Crippen LogP contribution in [0.4, 0.5) is 15.9 Å². The number of nitrogen functional groups attached to an aromatic ring is 1. The lowest BCUT2D eigenvalue weighted by atomic mass is 9.94. The third-order valence-electron chi connectivity index (χ3n) is 12.8. The number of likely N-dealkylation sites (tertiary alicyclic amines) is 2. The predicted molar refractivity (Wildman–Crippen MR) is 220 cm³/mol. The number of nitrogens with two attached hydrogens (primary N) is 2. The highest BCUT2D eigenvalue weighted by atomic mass is 19.1. The molecule has 6 heterocycles. The summed E-state index contributed by atoms with van der Waals surface area (Å²) < 4.78 is 20.9. The SMILES string of the molecule is COc1ccc(F)cc1C(=O)Cc1ccc(-c2nn(C3CCN(C4CN(CC5CN(c6ccc7c(c6)C(=O)N(C6CCC(=O)NC6=O)C7=O)C5)C4)CC3)c(N)c2C(N)=O)cc1. The zero-order valence-electron chi connectivity index (χ0n) is 33.6. The van der Waals surface area contributed by atoms with Crippen LogP contribution in [0.15, 0.2) is 60.7 Å². The van der Waals surface area contributed by atoms with Crippen molar-refractivity contribution < 1.29 is 37.9 Å². The van der Waals surface area contributed by atoms with Gasteiger partial charge >= 0.3 is 0 Å². The number of aromatic nitrogens is 2. The second-order valence-corrected chi connectivity index (χ2v) is 16.6. The molecule has 1 atom stereocenters. The molecule has 5 N–H and O–H groups in total. The number of hydrogen-bond acceptors (Lipinski definition) is 12. The first-order valence-corrected chi connectivity index (χ1v) is 20.6. The van der Waals surface area contributed by atoms with Crippen LogP contribution in [0.2, 0.25) is 0 Å². The van der Waals surface area contributed by atoms with E-state index in [1.54, 1.807) is 41.1 Å². The van der Waals surface area contributed by atoms with E-state index in [0.717, 1.165) is 69.2 Å². The zero-order valence-corrected chi connectivity index (χ0v) is 33.6. The fraction of sp³-hybridized carbons (Fsp3) is 0.386. The number of ether oxygens (including phenoxy) is 1. The Morgan fingerprint density at radius 2 is 1.61 bits per heavy atom. The van der Waals surface area contributed by atoms with E-state index in [1.165, 1.54) is 25.3 Å². The molecular formula is C44H46FN9O7. The number of amides is 5. The number of piperidine rings is 2. The minimum Gasteiger partial charge on any atom is -0.496 e. The molecule has 0 radical (unpaired) electrons. The van der Waals surface area contributed by atoms with Crippen LogP contribution in [0.25, 0.3) is 11.3 Å². The number of nitrogens with zero attached hydrogens (tertiary/aromatic N) is 6. The summed E-state index contributed by atoms with van der Waals surface area (Å²) in [5, 5.41) is 7.05. The minimum absolute atomic E-state index is 0.00785. The summed E-state index contributed by atoms with van der Waals surface area (Å²) in [7, 11) is 1.43. The highest BCUT2D eigenvalue weighted by Crippen LogP contribution is 2.36. The first-order chi connectivity index (χ1) is 29.4. The summed E-state index contributed by atoms with van der Waals surface area (Å²) in [6.45, 7) is 6.31. The quantitative estimate of drug-likeness (QED) is 0.139. The molecule has 5 amide bonds. The molecule has 9 rings (SSSR count). The number of hydrogen-bond donors (Lipinski definition) is 3. The molecule has 4 saturated heterocycles. The maximum absolute atomic E-state index is 13.9. The van der Waals surface area contributed by atoms with Crippen molar-refractivity contribution in [2.45, 2.75) is 50.2 Å². The smallest absolute Gasteiger partial charge is 0.262 e. The summed E-state index contributed by atoms with van der Waals surface area (Å²) in [4.78, 5) is 84.2. The fourth-order valence-electron chi connectivity index (χ4n) is 9.47. The number of carbonyl (C=O) groups excluding carboxylic acids is 6. The molecule has 17 heteroatoms. The van der Waals surface area contributed by atoms with Gasteiger partial charge in [-0.3, -0.25) is 48.8 Å². The molecule has 1 unspecified atom stereocenters. The monoisotopic (exact) mass is 831 g/mol. The maximum atomic E-state index is 13.9. The molecule has 16 nitrogen and oxygen atoms in total. The minimum atomic E-state index is -0.987. The first kappa shape index (κ1) is 40.0. The second-order valence-electron chi connectivity index (χ2n) is 16.6. The van der Waals surface area contributed by atoms with Gasteiger partial charge in [-0.15, -0.1) is 0 Å². The van der Waals surface area contributed by atoms with Crippen molar-refractivity contribution in [1.82, 2.24) is 29.8 Å². The number of rotatable bonds is 12. The Kier molecular flexibility index (Phi) is 10.4. The molecule has 3 aromatic carbocycles. The van der Waals surface area contributed by atoms with Crippen LogP contribution < -0.4 is 26.4 Å². The van der Waals surface area contributed by atoms with Crippen molar-refractivity contribution in [2.24, 2.45) is 11.7 Å². The molecule has 0 aliphatic carbocycles. The van der Waals surface area contributed by atoms with E-state index < -0.39 is 41.4 Å². The Morgan fingerprint density at radius 1 is 0.885 bits per heavy atom. The number of ketones is 1. The number of nitrogens with one attached hydrogen (secondary N) is 1. The van der Waals surface area contributed by atoms with Crippen LogP contribution >= 0.6 is 0 Å². The van der Waals surface area contributed by atoms with Crippen LogP contribution in [-0.2, 0) is 16.0 Å². The van der Waals surface area contributed by atoms with E-state index in [4.69, 9.17) is 21.3 Å². The number of primary amides is 1. The van der Waals surface area contributed by atoms with E-state index in [-0.39, 0.29) is 59.2 Å². The normalized spacial score (nSPS) is 20.4. The summed E-state index contributed by atoms with van der Waals surface area (Å²) in [5.74, 6) is -2.52. The van der Waals surface area contributed by atoms with E-state index in [9.17, 15) is 33.2 Å². The molecule has 0 bridgehead atoms. The van der Waals surface area contributed by atoms with E-state index >= 15 is 0 Å². The number of halogens is 1. The van der Waals surface area contributed by atoms with Crippen LogP contribution in [0.5, 0.6) is 5.75 Å². The van der Waals surface area contributed by atoms with E-state index in [1.807, 2.05) is 6.07 Å². The molecule has 5 aliphatic rings. The van der Waals surface area contributed by atoms with Crippen LogP contribution in [-0.4, -0.2) is 125 Å². The van der Waals surface area contributed by atoms with Crippen molar-refractivity contribution in [3.63, 3.8) is 0 Å². The number of methoxy groups -OCH3 is 1. The van der Waals surface area contributed by atoms with Gasteiger partial charge in [0.2, 0.25) is 11.8 Å². The van der Waals surface area contributed by atoms with Gasteiger partial charge in [-0.25, -0.2) is 9.07 Å². The molecule has 1 aromatic heterocycles. The Balaban J connectivity index is 0.753. The number of benzene rings is 3. The molecule has 5 aliphatic heterocycles. The Hall–Kier alpha value is -6.46. The molecule has 0 saturated carbocycles. The topological polar surface area (TPSA) is 206 Å². The average Bonchev–Trinajstić information content (AvgIpc) is 3.69. The summed E-state index contributed by atoms with van der Waals surface area (Å²) >= 11 is 0. The molecule has 0 spiro atoms. The summed E-state index contributed by atoms with van der Waals surface area (Å²) in [6, 6.07) is 15.6.